The van der Waals surface area contributed by atoms with E-state index in [-0.39, 0.29) is 18.7 Å². The number of benzene rings is 1. The average Bonchev–Trinajstić information content (AvgIpc) is 2.81. The topological polar surface area (TPSA) is 38.0 Å². The van der Waals surface area contributed by atoms with E-state index in [4.69, 9.17) is 0 Å². The Morgan fingerprint density at radius 2 is 1.85 bits per heavy atom. The highest BCUT2D eigenvalue weighted by Crippen LogP contribution is 2.22. The largest absolute Gasteiger partial charge is 0.392 e. The second-order valence-corrected chi connectivity index (χ2v) is 4.52. The molecule has 3 aromatic rings. The van der Waals surface area contributed by atoms with Gasteiger partial charge in [-0.2, -0.15) is 0 Å². The van der Waals surface area contributed by atoms with Gasteiger partial charge in [-0.25, -0.2) is 13.8 Å². The van der Waals surface area contributed by atoms with E-state index in [9.17, 15) is 13.9 Å². The van der Waals surface area contributed by atoms with Crippen LogP contribution < -0.4 is 0 Å². The van der Waals surface area contributed by atoms with Gasteiger partial charge in [-0.3, -0.25) is 0 Å². The van der Waals surface area contributed by atoms with Crippen molar-refractivity contribution in [2.75, 3.05) is 0 Å². The molecule has 2 aromatic heterocycles. The van der Waals surface area contributed by atoms with Gasteiger partial charge in [0.2, 0.25) is 0 Å². The van der Waals surface area contributed by atoms with Gasteiger partial charge in [0.1, 0.15) is 17.3 Å². The molecule has 0 aliphatic carbocycles. The van der Waals surface area contributed by atoms with Crippen molar-refractivity contribution in [2.24, 2.45) is 0 Å². The number of aromatic nitrogens is 2. The number of nitrogens with zero attached hydrogens (tertiary/aromatic N) is 2. The molecule has 0 aliphatic heterocycles. The van der Waals surface area contributed by atoms with E-state index in [1.807, 2.05) is 6.07 Å². The third-order valence-corrected chi connectivity index (χ3v) is 3.28. The van der Waals surface area contributed by atoms with Crippen LogP contribution in [0.3, 0.4) is 0 Å². The lowest BCUT2D eigenvalue weighted by atomic mass is 10.2. The minimum Gasteiger partial charge on any atom is -0.392 e. The number of aliphatic hydroxyl groups is 1. The summed E-state index contributed by atoms with van der Waals surface area (Å²) in [5.74, 6) is -1.18. The van der Waals surface area contributed by atoms with E-state index < -0.39 is 11.6 Å². The van der Waals surface area contributed by atoms with Crippen molar-refractivity contribution in [3.8, 4) is 0 Å². The first-order valence-corrected chi connectivity index (χ1v) is 6.17. The highest BCUT2D eigenvalue weighted by atomic mass is 19.1. The third-order valence-electron chi connectivity index (χ3n) is 3.28. The highest BCUT2D eigenvalue weighted by Gasteiger charge is 2.13. The lowest BCUT2D eigenvalue weighted by Gasteiger charge is -2.07. The Balaban J connectivity index is 2.12. The summed E-state index contributed by atoms with van der Waals surface area (Å²) < 4.78 is 29.0. The number of aliphatic hydroxyl groups excluding tert-OH is 1. The summed E-state index contributed by atoms with van der Waals surface area (Å²) >= 11 is 0. The Morgan fingerprint density at radius 3 is 2.55 bits per heavy atom. The van der Waals surface area contributed by atoms with Gasteiger partial charge in [-0.15, -0.1) is 0 Å². The normalized spacial score (nSPS) is 11.2. The molecule has 0 unspecified atom stereocenters. The van der Waals surface area contributed by atoms with Crippen molar-refractivity contribution in [3.63, 3.8) is 0 Å². The zero-order valence-corrected chi connectivity index (χ0v) is 10.6. The van der Waals surface area contributed by atoms with Gasteiger partial charge >= 0.3 is 0 Å². The smallest absolute Gasteiger partial charge is 0.140 e. The quantitative estimate of drug-likeness (QED) is 0.797. The van der Waals surface area contributed by atoms with Crippen LogP contribution in [0.5, 0.6) is 0 Å². The molecule has 0 spiro atoms. The lowest BCUT2D eigenvalue weighted by molar-refractivity contribution is 0.283. The molecule has 0 atom stereocenters. The second-order valence-electron chi connectivity index (χ2n) is 4.52. The Labute approximate surface area is 114 Å². The van der Waals surface area contributed by atoms with Crippen LogP contribution >= 0.6 is 0 Å². The van der Waals surface area contributed by atoms with E-state index in [2.05, 4.69) is 4.98 Å². The fraction of sp³-hybridized carbons (Fsp3) is 0.133. The first-order chi connectivity index (χ1) is 9.70. The minimum absolute atomic E-state index is 0.0143. The lowest BCUT2D eigenvalue weighted by Crippen LogP contribution is -2.04. The SMILES string of the molecule is OCc1cn(Cc2c(F)cccc2F)c2ncccc12. The monoisotopic (exact) mass is 274 g/mol. The molecular weight excluding hydrogens is 262 g/mol. The van der Waals surface area contributed by atoms with Crippen molar-refractivity contribution in [2.45, 2.75) is 13.2 Å². The molecule has 2 heterocycles. The molecule has 0 saturated carbocycles. The molecule has 0 bridgehead atoms. The first kappa shape index (κ1) is 12.7. The van der Waals surface area contributed by atoms with Crippen LogP contribution in [0.4, 0.5) is 8.78 Å². The molecule has 1 N–H and O–H groups in total. The number of rotatable bonds is 3. The van der Waals surface area contributed by atoms with Gasteiger partial charge in [-0.1, -0.05) is 6.07 Å². The van der Waals surface area contributed by atoms with E-state index in [1.54, 1.807) is 23.0 Å². The molecule has 20 heavy (non-hydrogen) atoms. The fourth-order valence-electron chi connectivity index (χ4n) is 2.30. The number of pyridine rings is 1. The molecule has 0 amide bonds. The van der Waals surface area contributed by atoms with E-state index >= 15 is 0 Å². The molecule has 0 radical (unpaired) electrons. The zero-order chi connectivity index (χ0) is 14.1. The average molecular weight is 274 g/mol. The summed E-state index contributed by atoms with van der Waals surface area (Å²) in [6, 6.07) is 7.37. The van der Waals surface area contributed by atoms with E-state index in [1.165, 1.54) is 18.2 Å². The summed E-state index contributed by atoms with van der Waals surface area (Å²) in [6.45, 7) is -0.110. The van der Waals surface area contributed by atoms with Gasteiger partial charge in [0.15, 0.2) is 0 Å². The molecule has 102 valence electrons. The van der Waals surface area contributed by atoms with Crippen molar-refractivity contribution >= 4 is 11.0 Å². The van der Waals surface area contributed by atoms with Crippen LogP contribution in [0.2, 0.25) is 0 Å². The number of fused-ring (bicyclic) bond motifs is 1. The number of hydrogen-bond acceptors (Lipinski definition) is 2. The van der Waals surface area contributed by atoms with Crippen molar-refractivity contribution in [1.82, 2.24) is 9.55 Å². The molecule has 3 rings (SSSR count). The summed E-state index contributed by atoms with van der Waals surface area (Å²) in [7, 11) is 0. The van der Waals surface area contributed by atoms with E-state index in [0.717, 1.165) is 5.39 Å². The zero-order valence-electron chi connectivity index (χ0n) is 10.6. The minimum atomic E-state index is -0.590. The molecule has 5 heteroatoms. The predicted octanol–water partition coefficient (Wildman–Crippen LogP) is 2.86. The highest BCUT2D eigenvalue weighted by molar-refractivity contribution is 5.80. The Hall–Kier alpha value is -2.27. The number of halogens is 2. The van der Waals surface area contributed by atoms with Crippen LogP contribution in [-0.4, -0.2) is 14.7 Å². The van der Waals surface area contributed by atoms with Crippen molar-refractivity contribution in [3.05, 3.63) is 65.5 Å². The van der Waals surface area contributed by atoms with E-state index in [0.29, 0.717) is 11.2 Å². The fourth-order valence-corrected chi connectivity index (χ4v) is 2.30. The molecule has 0 aliphatic rings. The maximum atomic E-state index is 13.7. The third kappa shape index (κ3) is 2.06. The van der Waals surface area contributed by atoms with Crippen molar-refractivity contribution in [1.29, 1.82) is 0 Å². The predicted molar refractivity (Wildman–Crippen MR) is 71.1 cm³/mol. The van der Waals surface area contributed by atoms with Gasteiger partial charge in [0.25, 0.3) is 0 Å². The molecule has 1 aromatic carbocycles. The van der Waals surface area contributed by atoms with Gasteiger partial charge in [0, 0.05) is 28.9 Å². The van der Waals surface area contributed by atoms with Crippen molar-refractivity contribution < 1.29 is 13.9 Å². The second kappa shape index (κ2) is 5.02. The maximum Gasteiger partial charge on any atom is 0.140 e. The van der Waals surface area contributed by atoms with Gasteiger partial charge < -0.3 is 9.67 Å². The molecule has 0 saturated heterocycles. The standard InChI is InChI=1S/C15H12F2N2O/c16-13-4-1-5-14(17)12(13)8-19-7-10(9-20)11-3-2-6-18-15(11)19/h1-7,20H,8-9H2. The van der Waals surface area contributed by atoms with Crippen LogP contribution in [0.15, 0.2) is 42.7 Å². The Kier molecular flexibility index (Phi) is 3.20. The van der Waals surface area contributed by atoms with Crippen LogP contribution in [0, 0.1) is 11.6 Å². The summed E-state index contributed by atoms with van der Waals surface area (Å²) in [4.78, 5) is 4.21. The summed E-state index contributed by atoms with van der Waals surface area (Å²) in [5, 5.41) is 10.1. The van der Waals surface area contributed by atoms with Gasteiger partial charge in [0.05, 0.1) is 13.2 Å². The van der Waals surface area contributed by atoms with Gasteiger partial charge in [-0.05, 0) is 24.3 Å². The Bertz CT molecular complexity index is 747. The molecule has 3 nitrogen and oxygen atoms in total. The molecule has 0 fully saturated rings. The maximum absolute atomic E-state index is 13.7. The Morgan fingerprint density at radius 1 is 1.10 bits per heavy atom. The molecular formula is C15H12F2N2O. The summed E-state index contributed by atoms with van der Waals surface area (Å²) in [6.07, 6.45) is 3.28. The van der Waals surface area contributed by atoms with Crippen LogP contribution in [0.25, 0.3) is 11.0 Å². The number of hydrogen-bond donors (Lipinski definition) is 1. The van der Waals surface area contributed by atoms with Crippen LogP contribution in [0.1, 0.15) is 11.1 Å². The van der Waals surface area contributed by atoms with Crippen LogP contribution in [-0.2, 0) is 13.2 Å². The first-order valence-electron chi connectivity index (χ1n) is 6.17. The summed E-state index contributed by atoms with van der Waals surface area (Å²) in [5.41, 5.74) is 1.27.